The monoisotopic (exact) mass is 422 g/mol. The molecule has 0 bridgehead atoms. The topological polar surface area (TPSA) is 81.1 Å². The maximum atomic E-state index is 13.0. The summed E-state index contributed by atoms with van der Waals surface area (Å²) in [5, 5.41) is 5.77. The Hall–Kier alpha value is -3.32. The Morgan fingerprint density at radius 3 is 2.58 bits per heavy atom. The summed E-state index contributed by atoms with van der Waals surface area (Å²) in [6.45, 7) is 4.38. The summed E-state index contributed by atoms with van der Waals surface area (Å²) in [5.41, 5.74) is 4.57. The van der Waals surface area contributed by atoms with Crippen LogP contribution in [0, 0.1) is 0 Å². The van der Waals surface area contributed by atoms with Crippen molar-refractivity contribution in [2.45, 2.75) is 25.9 Å². The van der Waals surface area contributed by atoms with Gasteiger partial charge in [-0.3, -0.25) is 0 Å². The number of carbonyl (C=O) groups is 2. The fourth-order valence-electron chi connectivity index (χ4n) is 4.30. The smallest absolute Gasteiger partial charge is 0.338 e. The van der Waals surface area contributed by atoms with Crippen LogP contribution in [0.25, 0.3) is 0 Å². The van der Waals surface area contributed by atoms with Crippen LogP contribution in [-0.2, 0) is 22.5 Å². The van der Waals surface area contributed by atoms with E-state index in [1.807, 2.05) is 24.3 Å². The van der Waals surface area contributed by atoms with Gasteiger partial charge in [-0.15, -0.1) is 0 Å². The average molecular weight is 423 g/mol. The number of benzene rings is 2. The molecular weight excluding hydrogens is 394 g/mol. The number of hydrogen-bond acceptors (Lipinski definition) is 4. The molecule has 0 fully saturated rings. The molecule has 2 heterocycles. The number of esters is 1. The number of urea groups is 1. The highest BCUT2D eigenvalue weighted by molar-refractivity contribution is 5.95. The van der Waals surface area contributed by atoms with Crippen LogP contribution in [0.1, 0.15) is 29.7 Å². The Morgan fingerprint density at radius 2 is 1.87 bits per heavy atom. The van der Waals surface area contributed by atoms with E-state index in [0.29, 0.717) is 23.6 Å². The highest BCUT2D eigenvalue weighted by atomic mass is 16.5. The molecule has 2 amide bonds. The molecule has 2 aromatic rings. The zero-order valence-corrected chi connectivity index (χ0v) is 17.9. The van der Waals surface area contributed by atoms with Crippen molar-refractivity contribution in [2.24, 2.45) is 0 Å². The number of fused-ring (bicyclic) bond motifs is 1. The Balaban J connectivity index is 1.66. The number of quaternary nitrogens is 1. The van der Waals surface area contributed by atoms with Crippen molar-refractivity contribution in [3.8, 4) is 5.75 Å². The summed E-state index contributed by atoms with van der Waals surface area (Å²) in [6.07, 6.45) is 0.974. The molecule has 31 heavy (non-hydrogen) atoms. The normalized spacial score (nSPS) is 20.4. The van der Waals surface area contributed by atoms with Gasteiger partial charge in [-0.25, -0.2) is 9.59 Å². The first-order chi connectivity index (χ1) is 15.1. The largest absolute Gasteiger partial charge is 0.497 e. The first kappa shape index (κ1) is 20.9. The molecule has 4 rings (SSSR count). The fourth-order valence-corrected chi connectivity index (χ4v) is 4.30. The second-order valence-corrected chi connectivity index (χ2v) is 7.79. The van der Waals surface area contributed by atoms with Crippen LogP contribution < -0.4 is 20.3 Å². The lowest BCUT2D eigenvalue weighted by atomic mass is 9.94. The highest BCUT2D eigenvalue weighted by Gasteiger charge is 2.35. The summed E-state index contributed by atoms with van der Waals surface area (Å²) in [4.78, 5) is 26.8. The molecule has 2 atom stereocenters. The van der Waals surface area contributed by atoms with E-state index in [0.717, 1.165) is 25.1 Å². The van der Waals surface area contributed by atoms with Crippen molar-refractivity contribution >= 4 is 12.0 Å². The second-order valence-electron chi connectivity index (χ2n) is 7.79. The fraction of sp³-hybridized carbons (Fsp3) is 0.333. The maximum Gasteiger partial charge on any atom is 0.338 e. The van der Waals surface area contributed by atoms with Crippen LogP contribution in [0.3, 0.4) is 0 Å². The maximum absolute atomic E-state index is 13.0. The van der Waals surface area contributed by atoms with Crippen LogP contribution in [0.2, 0.25) is 0 Å². The third-order valence-corrected chi connectivity index (χ3v) is 5.83. The number of methoxy groups -OCH3 is 1. The summed E-state index contributed by atoms with van der Waals surface area (Å²) in [6, 6.07) is 14.9. The van der Waals surface area contributed by atoms with E-state index in [2.05, 4.69) is 34.9 Å². The quantitative estimate of drug-likeness (QED) is 0.617. The van der Waals surface area contributed by atoms with Crippen LogP contribution in [0.5, 0.6) is 5.75 Å². The Labute approximate surface area is 182 Å². The van der Waals surface area contributed by atoms with E-state index in [4.69, 9.17) is 9.47 Å². The van der Waals surface area contributed by atoms with Gasteiger partial charge in [-0.1, -0.05) is 36.4 Å². The molecule has 1 unspecified atom stereocenters. The highest BCUT2D eigenvalue weighted by Crippen LogP contribution is 2.28. The van der Waals surface area contributed by atoms with Gasteiger partial charge < -0.3 is 25.0 Å². The molecule has 2 aliphatic rings. The second kappa shape index (κ2) is 9.22. The molecule has 7 heteroatoms. The van der Waals surface area contributed by atoms with Crippen LogP contribution in [-0.4, -0.2) is 38.8 Å². The van der Waals surface area contributed by atoms with Crippen molar-refractivity contribution in [1.82, 2.24) is 10.6 Å². The molecule has 2 aromatic carbocycles. The molecule has 162 valence electrons. The number of hydrogen-bond donors (Lipinski definition) is 3. The molecule has 3 N–H and O–H groups in total. The molecule has 0 aliphatic carbocycles. The molecule has 0 spiro atoms. The lowest BCUT2D eigenvalue weighted by molar-refractivity contribution is -0.911. The first-order valence-electron chi connectivity index (χ1n) is 10.6. The summed E-state index contributed by atoms with van der Waals surface area (Å²) in [5.74, 6) is 0.296. The van der Waals surface area contributed by atoms with Gasteiger partial charge in [0.2, 0.25) is 0 Å². The van der Waals surface area contributed by atoms with Gasteiger partial charge in [-0.05, 0) is 30.2 Å². The summed E-state index contributed by atoms with van der Waals surface area (Å²) < 4.78 is 10.6. The van der Waals surface area contributed by atoms with Crippen molar-refractivity contribution in [3.63, 3.8) is 0 Å². The zero-order chi connectivity index (χ0) is 21.8. The lowest BCUT2D eigenvalue weighted by Crippen LogP contribution is -3.12. The predicted octanol–water partition coefficient (Wildman–Crippen LogP) is 1.51. The first-order valence-corrected chi connectivity index (χ1v) is 10.6. The molecule has 2 aliphatic heterocycles. The van der Waals surface area contributed by atoms with E-state index < -0.39 is 12.0 Å². The Kier molecular flexibility index (Phi) is 6.23. The number of rotatable bonds is 6. The van der Waals surface area contributed by atoms with Crippen molar-refractivity contribution < 1.29 is 24.0 Å². The molecule has 0 saturated heterocycles. The van der Waals surface area contributed by atoms with Crippen molar-refractivity contribution in [3.05, 3.63) is 76.5 Å². The van der Waals surface area contributed by atoms with Gasteiger partial charge in [0.15, 0.2) is 0 Å². The van der Waals surface area contributed by atoms with E-state index in [1.54, 1.807) is 14.0 Å². The van der Waals surface area contributed by atoms with Gasteiger partial charge in [0.1, 0.15) is 18.8 Å². The minimum atomic E-state index is -0.579. The zero-order valence-electron chi connectivity index (χ0n) is 17.9. The molecule has 0 saturated carbocycles. The lowest BCUT2D eigenvalue weighted by Gasteiger charge is -2.32. The van der Waals surface area contributed by atoms with Crippen LogP contribution in [0.4, 0.5) is 4.79 Å². The summed E-state index contributed by atoms with van der Waals surface area (Å²) in [7, 11) is 1.60. The van der Waals surface area contributed by atoms with Crippen LogP contribution >= 0.6 is 0 Å². The number of amides is 2. The third-order valence-electron chi connectivity index (χ3n) is 5.83. The minimum Gasteiger partial charge on any atom is -0.497 e. The number of carbonyl (C=O) groups excluding carboxylic acids is 2. The number of ether oxygens (including phenoxy) is 2. The van der Waals surface area contributed by atoms with E-state index >= 15 is 0 Å². The van der Waals surface area contributed by atoms with Gasteiger partial charge in [0, 0.05) is 12.0 Å². The predicted molar refractivity (Wildman–Crippen MR) is 116 cm³/mol. The third kappa shape index (κ3) is 4.56. The molecule has 7 nitrogen and oxygen atoms in total. The van der Waals surface area contributed by atoms with Gasteiger partial charge >= 0.3 is 12.0 Å². The van der Waals surface area contributed by atoms with Crippen molar-refractivity contribution in [2.75, 3.05) is 26.8 Å². The Bertz CT molecular complexity index is 1000. The molecular formula is C24H28N3O4+. The van der Waals surface area contributed by atoms with E-state index in [-0.39, 0.29) is 12.6 Å². The van der Waals surface area contributed by atoms with Gasteiger partial charge in [0.05, 0.1) is 37.6 Å². The number of nitrogens with one attached hydrogen (secondary N) is 3. The molecule has 0 radical (unpaired) electrons. The standard InChI is InChI=1S/C24H27N3O4/c1-3-31-23(28)21-20(15-27-13-12-16-6-4-5-7-18(16)14-27)25-24(29)26-22(21)17-8-10-19(30-2)11-9-17/h4-11,22H,3,12-15H2,1-2H3,(H2,25,26,29)/p+1/t22-/m0/s1. The van der Waals surface area contributed by atoms with E-state index in [1.165, 1.54) is 16.0 Å². The average Bonchev–Trinajstić information content (AvgIpc) is 2.79. The Morgan fingerprint density at radius 1 is 1.13 bits per heavy atom. The summed E-state index contributed by atoms with van der Waals surface area (Å²) >= 11 is 0. The SMILES string of the molecule is CCOC(=O)C1=C(C[NH+]2CCc3ccccc3C2)NC(=O)N[C@H]1c1ccc(OC)cc1. The van der Waals surface area contributed by atoms with Gasteiger partial charge in [-0.2, -0.15) is 0 Å². The van der Waals surface area contributed by atoms with Gasteiger partial charge in [0.25, 0.3) is 0 Å². The van der Waals surface area contributed by atoms with Crippen LogP contribution in [0.15, 0.2) is 59.8 Å². The van der Waals surface area contributed by atoms with E-state index in [9.17, 15) is 9.59 Å². The van der Waals surface area contributed by atoms with Crippen molar-refractivity contribution in [1.29, 1.82) is 0 Å². The minimum absolute atomic E-state index is 0.267. The molecule has 0 aromatic heterocycles.